The van der Waals surface area contributed by atoms with Gasteiger partial charge in [0, 0.05) is 17.8 Å². The van der Waals surface area contributed by atoms with Crippen molar-refractivity contribution in [2.24, 2.45) is 5.73 Å². The molecule has 0 bridgehead atoms. The molecule has 10 heteroatoms. The Hall–Kier alpha value is -4.21. The van der Waals surface area contributed by atoms with Crippen molar-refractivity contribution in [1.29, 1.82) is 0 Å². The molecule has 10 nitrogen and oxygen atoms in total. The van der Waals surface area contributed by atoms with Crippen molar-refractivity contribution in [3.63, 3.8) is 0 Å². The van der Waals surface area contributed by atoms with Gasteiger partial charge in [-0.15, -0.1) is 0 Å². The Morgan fingerprint density at radius 1 is 1.13 bits per heavy atom. The van der Waals surface area contributed by atoms with Gasteiger partial charge in [0.15, 0.2) is 5.82 Å². The molecule has 39 heavy (non-hydrogen) atoms. The lowest BCUT2D eigenvalue weighted by Crippen LogP contribution is -2.50. The molecule has 1 atom stereocenters. The summed E-state index contributed by atoms with van der Waals surface area (Å²) >= 11 is 0. The van der Waals surface area contributed by atoms with Crippen LogP contribution in [-0.2, 0) is 4.74 Å². The first-order valence-electron chi connectivity index (χ1n) is 12.9. The molecule has 1 fully saturated rings. The second-order valence-electron chi connectivity index (χ2n) is 11.1. The Morgan fingerprint density at radius 3 is 2.54 bits per heavy atom. The number of urea groups is 1. The van der Waals surface area contributed by atoms with Crippen LogP contribution in [0.2, 0.25) is 0 Å². The number of rotatable bonds is 6. The molecular weight excluding hydrogens is 496 g/mol. The van der Waals surface area contributed by atoms with Crippen molar-refractivity contribution in [3.05, 3.63) is 60.2 Å². The lowest BCUT2D eigenvalue weighted by Gasteiger charge is -2.36. The molecule has 3 aromatic rings. The van der Waals surface area contributed by atoms with Crippen LogP contribution in [-0.4, -0.2) is 56.3 Å². The maximum Gasteiger partial charge on any atom is 0.410 e. The third-order valence-electron chi connectivity index (χ3n) is 6.60. The quantitative estimate of drug-likeness (QED) is 0.442. The highest BCUT2D eigenvalue weighted by Gasteiger charge is 2.42. The standard InChI is InChI=1S/C29H36N6O4/c1-19-14-21(23-16-31-17-25(33-23)35(26(30)36)22-10-8-20(2)32-15-22)9-11-24(19)38-18-29(6)12-7-13-34(29)27(37)39-28(3,4)5/h8-11,14-17H,7,12-13,18H2,1-6H3,(H2,30,36)/t29-/m0/s1. The summed E-state index contributed by atoms with van der Waals surface area (Å²) < 4.78 is 11.8. The van der Waals surface area contributed by atoms with E-state index in [1.54, 1.807) is 29.4 Å². The fourth-order valence-electron chi connectivity index (χ4n) is 4.57. The van der Waals surface area contributed by atoms with E-state index in [1.165, 1.54) is 11.1 Å². The SMILES string of the molecule is Cc1ccc(N(C(N)=O)c2cncc(-c3ccc(OC[C@]4(C)CCCN4C(=O)OC(C)(C)C)c(C)c3)n2)cn1. The van der Waals surface area contributed by atoms with Crippen molar-refractivity contribution in [2.45, 2.75) is 65.5 Å². The zero-order valence-corrected chi connectivity index (χ0v) is 23.4. The number of carbonyl (C=O) groups is 2. The van der Waals surface area contributed by atoms with Crippen LogP contribution in [0.3, 0.4) is 0 Å². The number of aromatic nitrogens is 3. The third kappa shape index (κ3) is 6.45. The van der Waals surface area contributed by atoms with Gasteiger partial charge in [0.2, 0.25) is 0 Å². The van der Waals surface area contributed by atoms with E-state index in [2.05, 4.69) is 15.0 Å². The highest BCUT2D eigenvalue weighted by atomic mass is 16.6. The smallest absolute Gasteiger partial charge is 0.410 e. The first-order valence-corrected chi connectivity index (χ1v) is 12.9. The van der Waals surface area contributed by atoms with Gasteiger partial charge in [-0.05, 0) is 90.3 Å². The Labute approximate surface area is 229 Å². The van der Waals surface area contributed by atoms with E-state index in [1.807, 2.05) is 59.7 Å². The summed E-state index contributed by atoms with van der Waals surface area (Å²) in [6.07, 6.45) is 6.09. The fourth-order valence-corrected chi connectivity index (χ4v) is 4.57. The van der Waals surface area contributed by atoms with Gasteiger partial charge in [0.25, 0.3) is 0 Å². The first kappa shape index (κ1) is 27.8. The van der Waals surface area contributed by atoms with Gasteiger partial charge < -0.3 is 15.2 Å². The van der Waals surface area contributed by atoms with E-state index >= 15 is 0 Å². The largest absolute Gasteiger partial charge is 0.491 e. The number of aryl methyl sites for hydroxylation is 2. The third-order valence-corrected chi connectivity index (χ3v) is 6.60. The molecule has 1 aliphatic rings. The average molecular weight is 533 g/mol. The molecule has 1 aliphatic heterocycles. The van der Waals surface area contributed by atoms with Gasteiger partial charge in [0.05, 0.1) is 35.5 Å². The maximum absolute atomic E-state index is 12.8. The van der Waals surface area contributed by atoms with Gasteiger partial charge >= 0.3 is 12.1 Å². The summed E-state index contributed by atoms with van der Waals surface area (Å²) in [6, 6.07) is 8.59. The van der Waals surface area contributed by atoms with Crippen LogP contribution in [0.25, 0.3) is 11.3 Å². The van der Waals surface area contributed by atoms with Crippen LogP contribution in [0.15, 0.2) is 48.9 Å². The summed E-state index contributed by atoms with van der Waals surface area (Å²) in [5.74, 6) is 1.00. The van der Waals surface area contributed by atoms with Crippen LogP contribution in [0, 0.1) is 13.8 Å². The van der Waals surface area contributed by atoms with Crippen molar-refractivity contribution < 1.29 is 19.1 Å². The number of nitrogens with zero attached hydrogens (tertiary/aromatic N) is 5. The van der Waals surface area contributed by atoms with Crippen molar-refractivity contribution >= 4 is 23.6 Å². The second-order valence-corrected chi connectivity index (χ2v) is 11.1. The summed E-state index contributed by atoms with van der Waals surface area (Å²) in [5, 5.41) is 0. The first-order chi connectivity index (χ1) is 18.4. The number of ether oxygens (including phenoxy) is 2. The molecule has 0 radical (unpaired) electrons. The minimum atomic E-state index is -0.687. The molecule has 0 saturated carbocycles. The van der Waals surface area contributed by atoms with Crippen LogP contribution in [0.5, 0.6) is 5.75 Å². The fraction of sp³-hybridized carbons (Fsp3) is 0.414. The monoisotopic (exact) mass is 532 g/mol. The zero-order chi connectivity index (χ0) is 28.4. The number of hydrogen-bond acceptors (Lipinski definition) is 7. The van der Waals surface area contributed by atoms with Gasteiger partial charge in [-0.1, -0.05) is 0 Å². The lowest BCUT2D eigenvalue weighted by molar-refractivity contribution is 0.00236. The molecule has 0 unspecified atom stereocenters. The molecular formula is C29H36N6O4. The Bertz CT molecular complexity index is 1350. The van der Waals surface area contributed by atoms with Gasteiger partial charge in [-0.2, -0.15) is 0 Å². The summed E-state index contributed by atoms with van der Waals surface area (Å²) in [7, 11) is 0. The topological polar surface area (TPSA) is 124 Å². The van der Waals surface area contributed by atoms with E-state index in [0.29, 0.717) is 36.1 Å². The molecule has 206 valence electrons. The predicted molar refractivity (Wildman–Crippen MR) is 149 cm³/mol. The number of benzene rings is 1. The minimum absolute atomic E-state index is 0.292. The predicted octanol–water partition coefficient (Wildman–Crippen LogP) is 5.54. The second kappa shape index (κ2) is 10.9. The van der Waals surface area contributed by atoms with Crippen molar-refractivity contribution in [2.75, 3.05) is 18.1 Å². The minimum Gasteiger partial charge on any atom is -0.491 e. The number of carbonyl (C=O) groups excluding carboxylic acids is 2. The molecule has 1 saturated heterocycles. The van der Waals surface area contributed by atoms with Crippen LogP contribution >= 0.6 is 0 Å². The van der Waals surface area contributed by atoms with Gasteiger partial charge in [0.1, 0.15) is 18.0 Å². The number of likely N-dealkylation sites (tertiary alicyclic amines) is 1. The van der Waals surface area contributed by atoms with E-state index in [4.69, 9.17) is 15.2 Å². The summed E-state index contributed by atoms with van der Waals surface area (Å²) in [5.41, 5.74) is 8.26. The number of anilines is 2. The van der Waals surface area contributed by atoms with E-state index < -0.39 is 17.2 Å². The summed E-state index contributed by atoms with van der Waals surface area (Å²) in [6.45, 7) is 12.4. The molecule has 0 aliphatic carbocycles. The molecule has 1 aromatic carbocycles. The highest BCUT2D eigenvalue weighted by molar-refractivity contribution is 5.97. The highest BCUT2D eigenvalue weighted by Crippen LogP contribution is 2.33. The maximum atomic E-state index is 12.8. The molecule has 0 spiro atoms. The number of nitrogens with two attached hydrogens (primary N) is 1. The Balaban J connectivity index is 1.51. The van der Waals surface area contributed by atoms with Crippen LogP contribution in [0.1, 0.15) is 51.8 Å². The average Bonchev–Trinajstić information content (AvgIpc) is 3.25. The van der Waals surface area contributed by atoms with Crippen molar-refractivity contribution in [1.82, 2.24) is 19.9 Å². The molecule has 2 N–H and O–H groups in total. The number of amides is 3. The summed E-state index contributed by atoms with van der Waals surface area (Å²) in [4.78, 5) is 41.3. The molecule has 3 heterocycles. The number of hydrogen-bond donors (Lipinski definition) is 1. The molecule has 2 aromatic heterocycles. The van der Waals surface area contributed by atoms with Crippen LogP contribution in [0.4, 0.5) is 21.1 Å². The van der Waals surface area contributed by atoms with Gasteiger partial charge in [-0.3, -0.25) is 14.9 Å². The molecule has 3 amide bonds. The Kier molecular flexibility index (Phi) is 7.76. The van der Waals surface area contributed by atoms with E-state index in [9.17, 15) is 9.59 Å². The normalized spacial score (nSPS) is 17.1. The van der Waals surface area contributed by atoms with Crippen LogP contribution < -0.4 is 15.4 Å². The molecule has 4 rings (SSSR count). The van der Waals surface area contributed by atoms with Crippen molar-refractivity contribution in [3.8, 4) is 17.0 Å². The lowest BCUT2D eigenvalue weighted by atomic mass is 10.0. The van der Waals surface area contributed by atoms with Gasteiger partial charge in [-0.25, -0.2) is 19.5 Å². The van der Waals surface area contributed by atoms with E-state index in [-0.39, 0.29) is 6.09 Å². The van der Waals surface area contributed by atoms with E-state index in [0.717, 1.165) is 29.7 Å². The zero-order valence-electron chi connectivity index (χ0n) is 23.4. The number of primary amides is 1. The Morgan fingerprint density at radius 2 is 1.90 bits per heavy atom. The number of pyridine rings is 1.